The molecule has 1 saturated heterocycles. The van der Waals surface area contributed by atoms with Crippen molar-refractivity contribution in [1.29, 1.82) is 0 Å². The van der Waals surface area contributed by atoms with Gasteiger partial charge in [-0.3, -0.25) is 4.79 Å². The van der Waals surface area contributed by atoms with E-state index < -0.39 is 24.3 Å². The monoisotopic (exact) mass is 572 g/mol. The SMILES string of the molecule is CC(C)[C@H](NC(=O)N1CCN(c2ccccc2)CC1)C(=O)NC(CC(O)C(O)CCc1ccccc1)c1ccccc1. The molecule has 3 amide bonds. The Morgan fingerprint density at radius 2 is 1.33 bits per heavy atom. The zero-order valence-corrected chi connectivity index (χ0v) is 24.6. The van der Waals surface area contributed by atoms with Gasteiger partial charge in [0.05, 0.1) is 18.2 Å². The van der Waals surface area contributed by atoms with E-state index in [1.54, 1.807) is 4.90 Å². The van der Waals surface area contributed by atoms with E-state index in [9.17, 15) is 19.8 Å². The van der Waals surface area contributed by atoms with Crippen LogP contribution in [0.4, 0.5) is 10.5 Å². The zero-order valence-electron chi connectivity index (χ0n) is 24.6. The Balaban J connectivity index is 1.36. The number of aliphatic hydroxyl groups excluding tert-OH is 2. The molecule has 1 heterocycles. The normalized spacial score (nSPS) is 16.4. The highest BCUT2D eigenvalue weighted by Gasteiger charge is 2.31. The highest BCUT2D eigenvalue weighted by Crippen LogP contribution is 2.22. The van der Waals surface area contributed by atoms with E-state index in [0.29, 0.717) is 25.9 Å². The van der Waals surface area contributed by atoms with Gasteiger partial charge in [-0.15, -0.1) is 0 Å². The first-order valence-corrected chi connectivity index (χ1v) is 14.9. The number of anilines is 1. The van der Waals surface area contributed by atoms with Crippen molar-refractivity contribution >= 4 is 17.6 Å². The quantitative estimate of drug-likeness (QED) is 0.261. The first kappa shape index (κ1) is 31.1. The number of aliphatic hydroxyl groups is 2. The fraction of sp³-hybridized carbons (Fsp3) is 0.412. The number of carbonyl (C=O) groups is 2. The summed E-state index contributed by atoms with van der Waals surface area (Å²) in [5.41, 5.74) is 3.05. The highest BCUT2D eigenvalue weighted by atomic mass is 16.3. The first-order chi connectivity index (χ1) is 20.3. The Bertz CT molecular complexity index is 1230. The lowest BCUT2D eigenvalue weighted by Crippen LogP contribution is -2.57. The Hall–Kier alpha value is -3.88. The third-order valence-corrected chi connectivity index (χ3v) is 7.93. The molecule has 1 aliphatic heterocycles. The number of amides is 3. The number of benzene rings is 3. The van der Waals surface area contributed by atoms with E-state index in [-0.39, 0.29) is 24.3 Å². The number of carbonyl (C=O) groups excluding carboxylic acids is 2. The number of piperazine rings is 1. The predicted octanol–water partition coefficient (Wildman–Crippen LogP) is 4.15. The minimum atomic E-state index is -1.03. The van der Waals surface area contributed by atoms with Crippen molar-refractivity contribution in [1.82, 2.24) is 15.5 Å². The van der Waals surface area contributed by atoms with Crippen molar-refractivity contribution in [3.8, 4) is 0 Å². The van der Waals surface area contributed by atoms with Crippen LogP contribution in [-0.4, -0.2) is 71.5 Å². The summed E-state index contributed by atoms with van der Waals surface area (Å²) in [5, 5.41) is 27.7. The average Bonchev–Trinajstić information content (AvgIpc) is 3.03. The van der Waals surface area contributed by atoms with Gasteiger partial charge in [0.25, 0.3) is 0 Å². The Morgan fingerprint density at radius 3 is 1.93 bits per heavy atom. The van der Waals surface area contributed by atoms with Crippen molar-refractivity contribution in [2.75, 3.05) is 31.1 Å². The molecule has 0 bridgehead atoms. The Labute approximate surface area is 249 Å². The Kier molecular flexibility index (Phi) is 11.4. The van der Waals surface area contributed by atoms with Gasteiger partial charge in [-0.25, -0.2) is 4.79 Å². The van der Waals surface area contributed by atoms with Gasteiger partial charge in [0.2, 0.25) is 5.91 Å². The number of hydrogen-bond donors (Lipinski definition) is 4. The van der Waals surface area contributed by atoms with Gasteiger partial charge in [0.1, 0.15) is 6.04 Å². The van der Waals surface area contributed by atoms with E-state index >= 15 is 0 Å². The fourth-order valence-corrected chi connectivity index (χ4v) is 5.34. The molecule has 3 unspecified atom stereocenters. The van der Waals surface area contributed by atoms with E-state index in [4.69, 9.17) is 0 Å². The van der Waals surface area contributed by atoms with Crippen molar-refractivity contribution in [3.05, 3.63) is 102 Å². The summed E-state index contributed by atoms with van der Waals surface area (Å²) in [6, 6.07) is 27.9. The molecule has 0 spiro atoms. The second-order valence-corrected chi connectivity index (χ2v) is 11.3. The summed E-state index contributed by atoms with van der Waals surface area (Å²) in [6.45, 7) is 6.36. The molecular formula is C34H44N4O4. The summed E-state index contributed by atoms with van der Waals surface area (Å²) in [5.74, 6) is -0.474. The zero-order chi connectivity index (χ0) is 29.9. The number of hydrogen-bond acceptors (Lipinski definition) is 5. The van der Waals surface area contributed by atoms with Crippen LogP contribution in [0.2, 0.25) is 0 Å². The van der Waals surface area contributed by atoms with E-state index in [1.165, 1.54) is 0 Å². The number of aryl methyl sites for hydroxylation is 1. The standard InChI is InChI=1S/C34H44N4O4/c1-25(2)32(36-34(42)38-22-20-37(21-23-38)28-16-10-5-11-17-28)33(41)35-29(27-14-8-4-9-15-27)24-31(40)30(39)19-18-26-12-6-3-7-13-26/h3-17,25,29-32,39-40H,18-24H2,1-2H3,(H,35,41)(H,36,42)/t29?,30?,31?,32-/m0/s1. The van der Waals surface area contributed by atoms with Crippen molar-refractivity contribution in [2.24, 2.45) is 5.92 Å². The van der Waals surface area contributed by atoms with E-state index in [0.717, 1.165) is 29.9 Å². The first-order valence-electron chi connectivity index (χ1n) is 14.9. The molecule has 3 aromatic carbocycles. The van der Waals surface area contributed by atoms with Gasteiger partial charge in [-0.2, -0.15) is 0 Å². The molecule has 4 rings (SSSR count). The maximum Gasteiger partial charge on any atom is 0.318 e. The molecule has 224 valence electrons. The lowest BCUT2D eigenvalue weighted by atomic mass is 9.94. The summed E-state index contributed by atoms with van der Waals surface area (Å²) in [4.78, 5) is 30.8. The molecule has 8 heteroatoms. The molecule has 4 N–H and O–H groups in total. The summed E-state index contributed by atoms with van der Waals surface area (Å²) in [6.07, 6.45) is -0.784. The molecule has 0 aliphatic carbocycles. The molecule has 3 aromatic rings. The van der Waals surface area contributed by atoms with Crippen LogP contribution in [0.25, 0.3) is 0 Å². The van der Waals surface area contributed by atoms with Gasteiger partial charge < -0.3 is 30.6 Å². The topological polar surface area (TPSA) is 105 Å². The molecule has 0 radical (unpaired) electrons. The molecule has 8 nitrogen and oxygen atoms in total. The summed E-state index contributed by atoms with van der Waals surface area (Å²) in [7, 11) is 0. The maximum absolute atomic E-state index is 13.6. The van der Waals surface area contributed by atoms with Crippen LogP contribution in [-0.2, 0) is 11.2 Å². The molecule has 1 aliphatic rings. The third-order valence-electron chi connectivity index (χ3n) is 7.93. The van der Waals surface area contributed by atoms with Crippen molar-refractivity contribution in [2.45, 2.75) is 57.4 Å². The van der Waals surface area contributed by atoms with Gasteiger partial charge in [-0.1, -0.05) is 92.7 Å². The van der Waals surface area contributed by atoms with Crippen LogP contribution in [0.1, 0.15) is 43.9 Å². The second-order valence-electron chi connectivity index (χ2n) is 11.3. The molecular weight excluding hydrogens is 528 g/mol. The lowest BCUT2D eigenvalue weighted by molar-refractivity contribution is -0.125. The van der Waals surface area contributed by atoms with Gasteiger partial charge in [-0.05, 0) is 42.0 Å². The van der Waals surface area contributed by atoms with Gasteiger partial charge >= 0.3 is 6.03 Å². The summed E-state index contributed by atoms with van der Waals surface area (Å²) >= 11 is 0. The number of nitrogens with zero attached hydrogens (tertiary/aromatic N) is 2. The van der Waals surface area contributed by atoms with Gasteiger partial charge in [0, 0.05) is 38.3 Å². The summed E-state index contributed by atoms with van der Waals surface area (Å²) < 4.78 is 0. The smallest absolute Gasteiger partial charge is 0.318 e. The minimum absolute atomic E-state index is 0.145. The molecule has 4 atom stereocenters. The maximum atomic E-state index is 13.6. The predicted molar refractivity (Wildman–Crippen MR) is 166 cm³/mol. The Morgan fingerprint density at radius 1 is 0.762 bits per heavy atom. The molecule has 0 aromatic heterocycles. The fourth-order valence-electron chi connectivity index (χ4n) is 5.34. The van der Waals surface area contributed by atoms with Crippen LogP contribution in [0, 0.1) is 5.92 Å². The van der Waals surface area contributed by atoms with Crippen LogP contribution >= 0.6 is 0 Å². The number of urea groups is 1. The third kappa shape index (κ3) is 8.81. The minimum Gasteiger partial charge on any atom is -0.390 e. The number of nitrogens with one attached hydrogen (secondary N) is 2. The van der Waals surface area contributed by atoms with Crippen LogP contribution in [0.5, 0.6) is 0 Å². The largest absolute Gasteiger partial charge is 0.390 e. The van der Waals surface area contributed by atoms with E-state index in [1.807, 2.05) is 92.7 Å². The van der Waals surface area contributed by atoms with Gasteiger partial charge in [0.15, 0.2) is 0 Å². The molecule has 0 saturated carbocycles. The lowest BCUT2D eigenvalue weighted by Gasteiger charge is -2.37. The molecule has 1 fully saturated rings. The average molecular weight is 573 g/mol. The molecule has 42 heavy (non-hydrogen) atoms. The van der Waals surface area contributed by atoms with Crippen molar-refractivity contribution < 1.29 is 19.8 Å². The number of rotatable bonds is 12. The van der Waals surface area contributed by atoms with Crippen LogP contribution < -0.4 is 15.5 Å². The second kappa shape index (κ2) is 15.4. The highest BCUT2D eigenvalue weighted by molar-refractivity contribution is 5.87. The van der Waals surface area contributed by atoms with Crippen LogP contribution in [0.3, 0.4) is 0 Å². The van der Waals surface area contributed by atoms with E-state index in [2.05, 4.69) is 27.7 Å². The number of para-hydroxylation sites is 1. The van der Waals surface area contributed by atoms with Crippen LogP contribution in [0.15, 0.2) is 91.0 Å². The van der Waals surface area contributed by atoms with Crippen molar-refractivity contribution in [3.63, 3.8) is 0 Å².